The smallest absolute Gasteiger partial charge is 0.272 e. The molecule has 5 rings (SSSR count). The molecular formula is C35H28ClN3O3S. The topological polar surface area (TPSA) is 87.3 Å². The Labute approximate surface area is 259 Å². The maximum Gasteiger partial charge on any atom is 0.272 e. The fourth-order valence-electron chi connectivity index (χ4n) is 4.28. The minimum atomic E-state index is -0.497. The van der Waals surface area contributed by atoms with Crippen molar-refractivity contribution in [2.24, 2.45) is 0 Å². The van der Waals surface area contributed by atoms with Crippen molar-refractivity contribution in [1.82, 2.24) is 5.32 Å². The van der Waals surface area contributed by atoms with Crippen molar-refractivity contribution in [3.05, 3.63) is 143 Å². The van der Waals surface area contributed by atoms with Gasteiger partial charge in [-0.2, -0.15) is 0 Å². The summed E-state index contributed by atoms with van der Waals surface area (Å²) < 4.78 is 0. The Morgan fingerprint density at radius 1 is 0.721 bits per heavy atom. The predicted molar refractivity (Wildman–Crippen MR) is 176 cm³/mol. The monoisotopic (exact) mass is 605 g/mol. The van der Waals surface area contributed by atoms with Crippen LogP contribution < -0.4 is 16.0 Å². The molecule has 6 nitrogen and oxygen atoms in total. The highest BCUT2D eigenvalue weighted by Gasteiger charge is 2.17. The van der Waals surface area contributed by atoms with Gasteiger partial charge in [-0.1, -0.05) is 78.3 Å². The van der Waals surface area contributed by atoms with Gasteiger partial charge in [0.1, 0.15) is 5.70 Å². The first kappa shape index (κ1) is 29.6. The number of nitrogens with one attached hydrogen (secondary N) is 3. The van der Waals surface area contributed by atoms with E-state index in [1.165, 1.54) is 11.8 Å². The van der Waals surface area contributed by atoms with Gasteiger partial charge in [-0.3, -0.25) is 14.4 Å². The summed E-state index contributed by atoms with van der Waals surface area (Å²) in [5.74, 6) is -1.04. The Kier molecular flexibility index (Phi) is 9.56. The summed E-state index contributed by atoms with van der Waals surface area (Å²) in [6.07, 6.45) is 1.59. The van der Waals surface area contributed by atoms with Gasteiger partial charge in [0, 0.05) is 26.9 Å². The highest BCUT2D eigenvalue weighted by molar-refractivity contribution is 8.00. The van der Waals surface area contributed by atoms with Crippen molar-refractivity contribution in [3.8, 4) is 0 Å². The zero-order chi connectivity index (χ0) is 30.2. The van der Waals surface area contributed by atoms with Crippen LogP contribution in [0.1, 0.15) is 22.8 Å². The lowest BCUT2D eigenvalue weighted by Crippen LogP contribution is -2.30. The van der Waals surface area contributed by atoms with Crippen LogP contribution in [0.4, 0.5) is 11.4 Å². The van der Waals surface area contributed by atoms with Crippen molar-refractivity contribution in [2.45, 2.75) is 17.1 Å². The fraction of sp³-hybridized carbons (Fsp3) is 0.0571. The summed E-state index contributed by atoms with van der Waals surface area (Å²) in [6, 6.07) is 36.6. The number of rotatable bonds is 9. The number of hydrogen-bond donors (Lipinski definition) is 3. The summed E-state index contributed by atoms with van der Waals surface area (Å²) in [5.41, 5.74) is 2.44. The second-order valence-corrected chi connectivity index (χ2v) is 11.6. The molecular weight excluding hydrogens is 578 g/mol. The molecule has 0 heterocycles. The van der Waals surface area contributed by atoms with E-state index in [9.17, 15) is 14.4 Å². The maximum atomic E-state index is 13.4. The molecule has 0 aromatic heterocycles. The predicted octanol–water partition coefficient (Wildman–Crippen LogP) is 8.02. The average molecular weight is 606 g/mol. The number of carbonyl (C=O) groups excluding carboxylic acids is 3. The second-order valence-electron chi connectivity index (χ2n) is 9.72. The third-order valence-electron chi connectivity index (χ3n) is 6.50. The van der Waals surface area contributed by atoms with E-state index in [4.69, 9.17) is 11.6 Å². The van der Waals surface area contributed by atoms with Gasteiger partial charge in [-0.15, -0.1) is 11.8 Å². The lowest BCUT2D eigenvalue weighted by Gasteiger charge is -2.14. The lowest BCUT2D eigenvalue weighted by molar-refractivity contribution is -0.115. The number of benzene rings is 5. The molecule has 0 radical (unpaired) electrons. The number of amides is 3. The zero-order valence-electron chi connectivity index (χ0n) is 23.2. The quantitative estimate of drug-likeness (QED) is 0.117. The SMILES string of the molecule is CC(Sc1cccc(NC(=O)/C(=C/c2ccc(Cl)cc2)NC(=O)c2ccccc2)c1)C(=O)Nc1ccc2ccccc2c1. The summed E-state index contributed by atoms with van der Waals surface area (Å²) in [5, 5.41) is 10.9. The van der Waals surface area contributed by atoms with Crippen LogP contribution >= 0.6 is 23.4 Å². The van der Waals surface area contributed by atoms with E-state index >= 15 is 0 Å². The summed E-state index contributed by atoms with van der Waals surface area (Å²) >= 11 is 7.39. The third-order valence-corrected chi connectivity index (χ3v) is 7.85. The molecule has 8 heteroatoms. The molecule has 1 unspecified atom stereocenters. The summed E-state index contributed by atoms with van der Waals surface area (Å²) in [7, 11) is 0. The molecule has 3 N–H and O–H groups in total. The van der Waals surface area contributed by atoms with Gasteiger partial charge < -0.3 is 16.0 Å². The number of hydrogen-bond acceptors (Lipinski definition) is 4. The standard InChI is InChI=1S/C35H28ClN3O3S/c1-23(33(40)37-30-19-16-25-8-5-6-11-27(25)21-30)43-31-13-7-12-29(22-31)38-35(42)32(20-24-14-17-28(36)18-15-24)39-34(41)26-9-3-2-4-10-26/h2-23H,1H3,(H,37,40)(H,38,42)(H,39,41)/b32-20-. The number of anilines is 2. The first-order valence-corrected chi connectivity index (χ1v) is 14.8. The van der Waals surface area contributed by atoms with Gasteiger partial charge in [-0.25, -0.2) is 0 Å². The van der Waals surface area contributed by atoms with Crippen molar-refractivity contribution < 1.29 is 14.4 Å². The van der Waals surface area contributed by atoms with Gasteiger partial charge in [0.2, 0.25) is 5.91 Å². The molecule has 214 valence electrons. The number of halogens is 1. The normalized spacial score (nSPS) is 11.9. The molecule has 0 aliphatic carbocycles. The molecule has 0 aliphatic rings. The van der Waals surface area contributed by atoms with Crippen molar-refractivity contribution in [2.75, 3.05) is 10.6 Å². The molecule has 0 spiro atoms. The highest BCUT2D eigenvalue weighted by atomic mass is 35.5. The number of carbonyl (C=O) groups is 3. The number of thioether (sulfide) groups is 1. The van der Waals surface area contributed by atoms with E-state index in [1.54, 1.807) is 72.8 Å². The Bertz CT molecular complexity index is 1810. The summed E-state index contributed by atoms with van der Waals surface area (Å²) in [6.45, 7) is 1.83. The Balaban J connectivity index is 1.27. The summed E-state index contributed by atoms with van der Waals surface area (Å²) in [4.78, 5) is 40.1. The molecule has 43 heavy (non-hydrogen) atoms. The molecule has 5 aromatic rings. The molecule has 0 fully saturated rings. The van der Waals surface area contributed by atoms with E-state index in [2.05, 4.69) is 16.0 Å². The van der Waals surface area contributed by atoms with Crippen LogP contribution in [0.15, 0.2) is 132 Å². The van der Waals surface area contributed by atoms with E-state index < -0.39 is 17.1 Å². The van der Waals surface area contributed by atoms with Crippen LogP contribution in [-0.4, -0.2) is 23.0 Å². The van der Waals surface area contributed by atoms with Gasteiger partial charge in [0.15, 0.2) is 0 Å². The Morgan fingerprint density at radius 3 is 2.19 bits per heavy atom. The fourth-order valence-corrected chi connectivity index (χ4v) is 5.33. The first-order chi connectivity index (χ1) is 20.8. The van der Waals surface area contributed by atoms with Crippen LogP contribution in [0, 0.1) is 0 Å². The Morgan fingerprint density at radius 2 is 1.42 bits per heavy atom. The van der Waals surface area contributed by atoms with E-state index in [0.717, 1.165) is 21.4 Å². The molecule has 5 aromatic carbocycles. The van der Waals surface area contributed by atoms with E-state index in [0.29, 0.717) is 21.8 Å². The first-order valence-electron chi connectivity index (χ1n) is 13.6. The van der Waals surface area contributed by atoms with Gasteiger partial charge in [-0.05, 0) is 83.9 Å². The molecule has 0 aliphatic heterocycles. The minimum Gasteiger partial charge on any atom is -0.325 e. The van der Waals surface area contributed by atoms with Gasteiger partial charge in [0.25, 0.3) is 11.8 Å². The highest BCUT2D eigenvalue weighted by Crippen LogP contribution is 2.27. The van der Waals surface area contributed by atoms with E-state index in [1.807, 2.05) is 61.5 Å². The van der Waals surface area contributed by atoms with Gasteiger partial charge >= 0.3 is 0 Å². The van der Waals surface area contributed by atoms with Crippen molar-refractivity contribution in [3.63, 3.8) is 0 Å². The minimum absolute atomic E-state index is 0.0670. The molecule has 0 saturated heterocycles. The largest absolute Gasteiger partial charge is 0.325 e. The van der Waals surface area contributed by atoms with Crippen LogP contribution in [0.5, 0.6) is 0 Å². The molecule has 0 saturated carbocycles. The van der Waals surface area contributed by atoms with Gasteiger partial charge in [0.05, 0.1) is 5.25 Å². The van der Waals surface area contributed by atoms with Crippen molar-refractivity contribution >= 4 is 69.3 Å². The van der Waals surface area contributed by atoms with Crippen LogP contribution in [0.3, 0.4) is 0 Å². The molecule has 1 atom stereocenters. The van der Waals surface area contributed by atoms with Crippen LogP contribution in [0.2, 0.25) is 5.02 Å². The number of fused-ring (bicyclic) bond motifs is 1. The maximum absolute atomic E-state index is 13.4. The lowest BCUT2D eigenvalue weighted by atomic mass is 10.1. The van der Waals surface area contributed by atoms with Crippen molar-refractivity contribution in [1.29, 1.82) is 0 Å². The zero-order valence-corrected chi connectivity index (χ0v) is 24.8. The molecule has 0 bridgehead atoms. The molecule has 3 amide bonds. The average Bonchev–Trinajstić information content (AvgIpc) is 3.02. The third kappa shape index (κ3) is 8.13. The van der Waals surface area contributed by atoms with Crippen LogP contribution in [0.25, 0.3) is 16.8 Å². The Hall–Kier alpha value is -4.85. The second kappa shape index (κ2) is 13.9. The van der Waals surface area contributed by atoms with E-state index in [-0.39, 0.29) is 11.6 Å². The van der Waals surface area contributed by atoms with Crippen LogP contribution in [-0.2, 0) is 9.59 Å².